The minimum Gasteiger partial charge on any atom is -0.208 e. The molecule has 348 valence electrons. The fraction of sp³-hybridized carbons (Fsp3) is 0.0588. The molecule has 0 bridgehead atoms. The van der Waals surface area contributed by atoms with Gasteiger partial charge in [-0.3, -0.25) is 0 Å². The molecule has 0 fully saturated rings. The Hall–Kier alpha value is -9.52. The van der Waals surface area contributed by atoms with E-state index in [-0.39, 0.29) is 5.41 Å². The lowest BCUT2D eigenvalue weighted by atomic mass is 9.55. The van der Waals surface area contributed by atoms with Gasteiger partial charge in [-0.1, -0.05) is 244 Å². The topological polar surface area (TPSA) is 77.3 Å². The molecule has 0 aliphatic heterocycles. The van der Waals surface area contributed by atoms with Gasteiger partial charge in [0.25, 0.3) is 0 Å². The van der Waals surface area contributed by atoms with Crippen LogP contribution in [0.2, 0.25) is 0 Å². The molecular formula is C68H46N6. The van der Waals surface area contributed by atoms with Crippen LogP contribution in [0.25, 0.3) is 101 Å². The molecule has 2 aliphatic rings. The molecule has 0 N–H and O–H groups in total. The number of benzene rings is 10. The van der Waals surface area contributed by atoms with Crippen LogP contribution >= 0.6 is 0 Å². The molecule has 6 nitrogen and oxygen atoms in total. The highest BCUT2D eigenvalue weighted by Gasteiger charge is 2.54. The van der Waals surface area contributed by atoms with Crippen LogP contribution in [-0.2, 0) is 10.8 Å². The fourth-order valence-electron chi connectivity index (χ4n) is 11.7. The first-order chi connectivity index (χ1) is 36.4. The molecule has 2 heterocycles. The quantitative estimate of drug-likeness (QED) is 0.158. The largest absolute Gasteiger partial charge is 0.208 e. The van der Waals surface area contributed by atoms with Gasteiger partial charge in [0.05, 0.1) is 5.41 Å². The molecule has 12 aromatic rings. The van der Waals surface area contributed by atoms with Gasteiger partial charge in [0, 0.05) is 38.8 Å². The molecule has 0 saturated carbocycles. The average Bonchev–Trinajstić information content (AvgIpc) is 3.86. The number of rotatable bonds is 7. The highest BCUT2D eigenvalue weighted by Crippen LogP contribution is 2.63. The second-order valence-corrected chi connectivity index (χ2v) is 19.8. The molecule has 1 spiro atoms. The lowest BCUT2D eigenvalue weighted by Crippen LogP contribution is -2.40. The second-order valence-electron chi connectivity index (χ2n) is 19.8. The lowest BCUT2D eigenvalue weighted by Gasteiger charge is -2.46. The minimum atomic E-state index is -0.683. The Morgan fingerprint density at radius 2 is 0.635 bits per heavy atom. The maximum atomic E-state index is 5.43. The van der Waals surface area contributed by atoms with Crippen molar-refractivity contribution >= 4 is 10.8 Å². The maximum absolute atomic E-state index is 5.43. The van der Waals surface area contributed by atoms with Crippen LogP contribution in [0.4, 0.5) is 0 Å². The third-order valence-corrected chi connectivity index (χ3v) is 15.3. The monoisotopic (exact) mass is 946 g/mol. The summed E-state index contributed by atoms with van der Waals surface area (Å²) in [5, 5.41) is 2.28. The smallest absolute Gasteiger partial charge is 0.164 e. The van der Waals surface area contributed by atoms with Crippen molar-refractivity contribution in [1.29, 1.82) is 0 Å². The van der Waals surface area contributed by atoms with Gasteiger partial charge >= 0.3 is 0 Å². The average molecular weight is 947 g/mol. The summed E-state index contributed by atoms with van der Waals surface area (Å²) < 4.78 is 0. The zero-order valence-corrected chi connectivity index (χ0v) is 40.8. The SMILES string of the molecule is CC1(C)c2ccccc2C2(c3ccc(-c4nc(-c5ccccc5)nc(-c5ccc6ccccc6c5)n4)cc3-c3c(-c4nc(-c5ccccc5)nc(-c5ccc(-c6ccccc6)cc5)n4)cccc32)c2ccccc21. The molecule has 6 heteroatoms. The van der Waals surface area contributed by atoms with Crippen molar-refractivity contribution in [2.24, 2.45) is 0 Å². The van der Waals surface area contributed by atoms with E-state index >= 15 is 0 Å². The van der Waals surface area contributed by atoms with E-state index in [4.69, 9.17) is 29.9 Å². The van der Waals surface area contributed by atoms with Gasteiger partial charge in [-0.2, -0.15) is 0 Å². The van der Waals surface area contributed by atoms with Crippen LogP contribution < -0.4 is 0 Å². The molecular weight excluding hydrogens is 901 g/mol. The summed E-state index contributed by atoms with van der Waals surface area (Å²) in [6, 6.07) is 85.8. The summed E-state index contributed by atoms with van der Waals surface area (Å²) in [6.07, 6.45) is 0. The second kappa shape index (κ2) is 17.1. The van der Waals surface area contributed by atoms with Gasteiger partial charge in [-0.05, 0) is 78.5 Å². The molecule has 0 unspecified atom stereocenters. The van der Waals surface area contributed by atoms with Crippen LogP contribution in [0.5, 0.6) is 0 Å². The Bertz CT molecular complexity index is 4100. The molecule has 10 aromatic carbocycles. The van der Waals surface area contributed by atoms with E-state index in [1.807, 2.05) is 42.5 Å². The van der Waals surface area contributed by atoms with E-state index in [1.165, 1.54) is 33.4 Å². The standard InChI is InChI=1S/C68H46N6/c1-67(2)55-28-14-16-30-57(55)68(58-31-17-15-29-56(58)67)54-40-39-51(65-71-61(46-22-8-4-9-23-46)70-64(72-65)50-38-35-44-21-12-13-26-49(44)41-50)42-53(54)60-52(27-18-32-59(60)68)66-73-62(47-24-10-5-11-25-47)69-63(74-66)48-36-33-45(34-37-48)43-19-6-3-7-20-43/h3-42H,1-2H3. The number of hydrogen-bond acceptors (Lipinski definition) is 6. The number of hydrogen-bond donors (Lipinski definition) is 0. The maximum Gasteiger partial charge on any atom is 0.164 e. The van der Waals surface area contributed by atoms with Crippen molar-refractivity contribution in [3.63, 3.8) is 0 Å². The van der Waals surface area contributed by atoms with Crippen molar-refractivity contribution in [3.8, 4) is 90.6 Å². The highest BCUT2D eigenvalue weighted by molar-refractivity contribution is 5.97. The van der Waals surface area contributed by atoms with E-state index in [0.717, 1.165) is 66.4 Å². The molecule has 0 saturated heterocycles. The molecule has 0 radical (unpaired) electrons. The summed E-state index contributed by atoms with van der Waals surface area (Å²) in [5.41, 5.74) is 16.4. The van der Waals surface area contributed by atoms with Gasteiger partial charge in [0.15, 0.2) is 34.9 Å². The van der Waals surface area contributed by atoms with Crippen LogP contribution in [0.15, 0.2) is 243 Å². The summed E-state index contributed by atoms with van der Waals surface area (Å²) in [5.74, 6) is 3.60. The van der Waals surface area contributed by atoms with Crippen molar-refractivity contribution in [2.45, 2.75) is 24.7 Å². The molecule has 14 rings (SSSR count). The van der Waals surface area contributed by atoms with Crippen LogP contribution in [0.3, 0.4) is 0 Å². The number of nitrogens with zero attached hydrogens (tertiary/aromatic N) is 6. The molecule has 2 aromatic heterocycles. The Balaban J connectivity index is 1.03. The Morgan fingerprint density at radius 1 is 0.243 bits per heavy atom. The molecule has 2 aliphatic carbocycles. The van der Waals surface area contributed by atoms with Crippen LogP contribution in [-0.4, -0.2) is 29.9 Å². The first-order valence-electron chi connectivity index (χ1n) is 25.2. The van der Waals surface area contributed by atoms with Gasteiger partial charge < -0.3 is 0 Å². The van der Waals surface area contributed by atoms with E-state index < -0.39 is 5.41 Å². The third-order valence-electron chi connectivity index (χ3n) is 15.3. The summed E-state index contributed by atoms with van der Waals surface area (Å²) in [4.78, 5) is 31.8. The molecule has 0 atom stereocenters. The van der Waals surface area contributed by atoms with E-state index in [9.17, 15) is 0 Å². The predicted molar refractivity (Wildman–Crippen MR) is 298 cm³/mol. The van der Waals surface area contributed by atoms with Gasteiger partial charge in [-0.25, -0.2) is 29.9 Å². The highest BCUT2D eigenvalue weighted by atomic mass is 15.0. The van der Waals surface area contributed by atoms with Crippen molar-refractivity contribution in [2.75, 3.05) is 0 Å². The Labute approximate surface area is 429 Å². The zero-order chi connectivity index (χ0) is 49.4. The molecule has 0 amide bonds. The van der Waals surface area contributed by atoms with Crippen molar-refractivity contribution in [3.05, 3.63) is 276 Å². The normalized spacial score (nSPS) is 13.5. The lowest BCUT2D eigenvalue weighted by molar-refractivity contribution is 0.563. The minimum absolute atomic E-state index is 0.263. The van der Waals surface area contributed by atoms with Gasteiger partial charge in [0.1, 0.15) is 0 Å². The Morgan fingerprint density at radius 3 is 1.22 bits per heavy atom. The fourth-order valence-corrected chi connectivity index (χ4v) is 11.7. The number of fused-ring (bicyclic) bond motifs is 10. The van der Waals surface area contributed by atoms with Crippen molar-refractivity contribution < 1.29 is 0 Å². The van der Waals surface area contributed by atoms with Crippen LogP contribution in [0, 0.1) is 0 Å². The van der Waals surface area contributed by atoms with Gasteiger partial charge in [-0.15, -0.1) is 0 Å². The zero-order valence-electron chi connectivity index (χ0n) is 40.8. The van der Waals surface area contributed by atoms with E-state index in [2.05, 4.69) is 214 Å². The molecule has 74 heavy (non-hydrogen) atoms. The first-order valence-corrected chi connectivity index (χ1v) is 25.2. The Kier molecular flexibility index (Phi) is 9.99. The van der Waals surface area contributed by atoms with Crippen molar-refractivity contribution in [1.82, 2.24) is 29.9 Å². The summed E-state index contributed by atoms with van der Waals surface area (Å²) in [7, 11) is 0. The predicted octanol–water partition coefficient (Wildman–Crippen LogP) is 15.9. The summed E-state index contributed by atoms with van der Waals surface area (Å²) >= 11 is 0. The third kappa shape index (κ3) is 6.86. The van der Waals surface area contributed by atoms with E-state index in [0.29, 0.717) is 34.9 Å². The van der Waals surface area contributed by atoms with Crippen LogP contribution in [0.1, 0.15) is 47.2 Å². The first kappa shape index (κ1) is 43.3. The van der Waals surface area contributed by atoms with Gasteiger partial charge in [0.2, 0.25) is 0 Å². The number of aromatic nitrogens is 6. The summed E-state index contributed by atoms with van der Waals surface area (Å²) in [6.45, 7) is 4.71. The van der Waals surface area contributed by atoms with E-state index in [1.54, 1.807) is 0 Å².